The van der Waals surface area contributed by atoms with Gasteiger partial charge in [0.05, 0.1) is 5.56 Å². The van der Waals surface area contributed by atoms with Crippen molar-refractivity contribution in [3.05, 3.63) is 63.6 Å². The average molecular weight is 287 g/mol. The van der Waals surface area contributed by atoms with Crippen molar-refractivity contribution in [2.45, 2.75) is 6.42 Å². The zero-order valence-electron chi connectivity index (χ0n) is 11.0. The second kappa shape index (κ2) is 6.47. The second-order valence-electron chi connectivity index (χ2n) is 4.27. The molecule has 108 valence electrons. The van der Waals surface area contributed by atoms with E-state index < -0.39 is 11.9 Å². The van der Waals surface area contributed by atoms with Gasteiger partial charge in [0.25, 0.3) is 11.5 Å². The first-order valence-electron chi connectivity index (χ1n) is 6.23. The Kier molecular flexibility index (Phi) is 4.45. The topological polar surface area (TPSA) is 112 Å². The van der Waals surface area contributed by atoms with Crippen LogP contribution in [0.5, 0.6) is 0 Å². The molecule has 7 heteroatoms. The number of H-pyrrole nitrogens is 1. The number of carboxylic acid groups (broad SMARTS) is 1. The first kappa shape index (κ1) is 14.4. The van der Waals surface area contributed by atoms with Gasteiger partial charge in [-0.1, -0.05) is 18.2 Å². The summed E-state index contributed by atoms with van der Waals surface area (Å²) < 4.78 is 0. The standard InChI is InChI=1S/C14H13N3O4/c18-12-6-5-11(16-17-12)13(19)15-8-7-9-3-1-2-4-10(9)14(20)21/h1-6H,7-8H2,(H,15,19)(H,17,18)(H,20,21). The Hall–Kier alpha value is -2.96. The van der Waals surface area contributed by atoms with Crippen molar-refractivity contribution in [2.24, 2.45) is 0 Å². The number of hydrogen-bond acceptors (Lipinski definition) is 4. The average Bonchev–Trinajstić information content (AvgIpc) is 2.48. The Bertz CT molecular complexity index is 704. The Morgan fingerprint density at radius 2 is 1.95 bits per heavy atom. The first-order chi connectivity index (χ1) is 10.1. The molecule has 3 N–H and O–H groups in total. The van der Waals surface area contributed by atoms with E-state index in [1.165, 1.54) is 18.2 Å². The number of aromatic nitrogens is 2. The lowest BCUT2D eigenvalue weighted by Crippen LogP contribution is -2.28. The normalized spacial score (nSPS) is 10.1. The molecule has 0 saturated heterocycles. The van der Waals surface area contributed by atoms with Crippen LogP contribution in [0.25, 0.3) is 0 Å². The highest BCUT2D eigenvalue weighted by Crippen LogP contribution is 2.09. The number of benzene rings is 1. The number of aromatic amines is 1. The van der Waals surface area contributed by atoms with Crippen LogP contribution in [0, 0.1) is 0 Å². The third-order valence-electron chi connectivity index (χ3n) is 2.84. The van der Waals surface area contributed by atoms with Gasteiger partial charge in [-0.25, -0.2) is 9.89 Å². The van der Waals surface area contributed by atoms with Crippen molar-refractivity contribution < 1.29 is 14.7 Å². The van der Waals surface area contributed by atoms with Gasteiger partial charge in [0.15, 0.2) is 0 Å². The van der Waals surface area contributed by atoms with Crippen molar-refractivity contribution in [1.82, 2.24) is 15.5 Å². The van der Waals surface area contributed by atoms with Crippen LogP contribution in [-0.4, -0.2) is 33.7 Å². The number of amides is 1. The van der Waals surface area contributed by atoms with Gasteiger partial charge in [0.1, 0.15) is 5.69 Å². The van der Waals surface area contributed by atoms with Gasteiger partial charge in [0, 0.05) is 12.6 Å². The molecule has 0 unspecified atom stereocenters. The molecule has 0 saturated carbocycles. The quantitative estimate of drug-likeness (QED) is 0.738. The fourth-order valence-corrected chi connectivity index (χ4v) is 1.82. The largest absolute Gasteiger partial charge is 0.478 e. The minimum atomic E-state index is -1.00. The smallest absolute Gasteiger partial charge is 0.335 e. The molecule has 0 aliphatic carbocycles. The SMILES string of the molecule is O=C(NCCc1ccccc1C(=O)O)c1ccc(=O)[nH]n1. The number of carbonyl (C=O) groups excluding carboxylic acids is 1. The maximum Gasteiger partial charge on any atom is 0.335 e. The number of aromatic carboxylic acids is 1. The highest BCUT2D eigenvalue weighted by Gasteiger charge is 2.10. The van der Waals surface area contributed by atoms with Crippen molar-refractivity contribution in [2.75, 3.05) is 6.54 Å². The molecule has 1 heterocycles. The molecule has 7 nitrogen and oxygen atoms in total. The lowest BCUT2D eigenvalue weighted by molar-refractivity contribution is 0.0695. The second-order valence-corrected chi connectivity index (χ2v) is 4.27. The lowest BCUT2D eigenvalue weighted by Gasteiger charge is -2.07. The number of nitrogens with zero attached hydrogens (tertiary/aromatic N) is 1. The number of hydrogen-bond donors (Lipinski definition) is 3. The molecule has 21 heavy (non-hydrogen) atoms. The minimum Gasteiger partial charge on any atom is -0.478 e. The molecule has 1 aromatic carbocycles. The number of rotatable bonds is 5. The molecule has 0 fully saturated rings. The van der Waals surface area contributed by atoms with E-state index in [0.29, 0.717) is 12.0 Å². The predicted octanol–water partition coefficient (Wildman–Crippen LogP) is 0.441. The van der Waals surface area contributed by atoms with Crippen LogP contribution in [0.1, 0.15) is 26.4 Å². The van der Waals surface area contributed by atoms with Crippen molar-refractivity contribution >= 4 is 11.9 Å². The van der Waals surface area contributed by atoms with E-state index in [1.54, 1.807) is 18.2 Å². The van der Waals surface area contributed by atoms with E-state index in [0.717, 1.165) is 0 Å². The van der Waals surface area contributed by atoms with Gasteiger partial charge < -0.3 is 10.4 Å². The van der Waals surface area contributed by atoms with E-state index >= 15 is 0 Å². The van der Waals surface area contributed by atoms with Crippen LogP contribution < -0.4 is 10.9 Å². The molecule has 2 rings (SSSR count). The van der Waals surface area contributed by atoms with Gasteiger partial charge >= 0.3 is 5.97 Å². The Morgan fingerprint density at radius 3 is 2.62 bits per heavy atom. The highest BCUT2D eigenvalue weighted by molar-refractivity contribution is 5.92. The minimum absolute atomic E-state index is 0.0983. The molecular weight excluding hydrogens is 274 g/mol. The number of nitrogens with one attached hydrogen (secondary N) is 2. The molecule has 1 aromatic heterocycles. The van der Waals surface area contributed by atoms with Crippen molar-refractivity contribution in [1.29, 1.82) is 0 Å². The summed E-state index contributed by atoms with van der Waals surface area (Å²) in [6.45, 7) is 0.268. The van der Waals surface area contributed by atoms with Crippen LogP contribution in [0.3, 0.4) is 0 Å². The Morgan fingerprint density at radius 1 is 1.19 bits per heavy atom. The summed E-state index contributed by atoms with van der Waals surface area (Å²) in [5.74, 6) is -1.43. The summed E-state index contributed by atoms with van der Waals surface area (Å²) in [6.07, 6.45) is 0.386. The van der Waals surface area contributed by atoms with Crippen molar-refractivity contribution in [3.8, 4) is 0 Å². The highest BCUT2D eigenvalue weighted by atomic mass is 16.4. The number of carboxylic acids is 1. The molecule has 0 atom stereocenters. The van der Waals surface area contributed by atoms with Crippen molar-refractivity contribution in [3.63, 3.8) is 0 Å². The van der Waals surface area contributed by atoms with Crippen LogP contribution >= 0.6 is 0 Å². The monoisotopic (exact) mass is 287 g/mol. The predicted molar refractivity (Wildman–Crippen MR) is 74.3 cm³/mol. The molecule has 0 aliphatic heterocycles. The molecule has 0 spiro atoms. The van der Waals surface area contributed by atoms with E-state index in [9.17, 15) is 14.4 Å². The lowest BCUT2D eigenvalue weighted by atomic mass is 10.0. The fraction of sp³-hybridized carbons (Fsp3) is 0.143. The Balaban J connectivity index is 1.95. The van der Waals surface area contributed by atoms with E-state index in [1.807, 2.05) is 0 Å². The van der Waals surface area contributed by atoms with E-state index in [-0.39, 0.29) is 23.4 Å². The van der Waals surface area contributed by atoms with Crippen LogP contribution in [0.15, 0.2) is 41.2 Å². The molecule has 0 bridgehead atoms. The maximum absolute atomic E-state index is 11.8. The first-order valence-corrected chi connectivity index (χ1v) is 6.23. The Labute approximate surface area is 119 Å². The zero-order valence-corrected chi connectivity index (χ0v) is 11.0. The third kappa shape index (κ3) is 3.75. The summed E-state index contributed by atoms with van der Waals surface area (Å²) in [5, 5.41) is 17.4. The molecule has 1 amide bonds. The summed E-state index contributed by atoms with van der Waals surface area (Å²) in [4.78, 5) is 33.6. The van der Waals surface area contributed by atoms with Crippen LogP contribution in [0.4, 0.5) is 0 Å². The summed E-state index contributed by atoms with van der Waals surface area (Å²) in [6, 6.07) is 9.14. The number of carbonyl (C=O) groups is 2. The summed E-state index contributed by atoms with van der Waals surface area (Å²) in [5.41, 5.74) is 0.566. The van der Waals surface area contributed by atoms with E-state index in [2.05, 4.69) is 15.5 Å². The summed E-state index contributed by atoms with van der Waals surface area (Å²) in [7, 11) is 0. The molecule has 2 aromatic rings. The van der Waals surface area contributed by atoms with Gasteiger partial charge in [0.2, 0.25) is 0 Å². The van der Waals surface area contributed by atoms with Gasteiger partial charge in [-0.15, -0.1) is 0 Å². The fourth-order valence-electron chi connectivity index (χ4n) is 1.82. The van der Waals surface area contributed by atoms with Gasteiger partial charge in [-0.3, -0.25) is 9.59 Å². The van der Waals surface area contributed by atoms with Crippen LogP contribution in [0.2, 0.25) is 0 Å². The molecule has 0 aliphatic rings. The van der Waals surface area contributed by atoms with Crippen LogP contribution in [-0.2, 0) is 6.42 Å². The molecular formula is C14H13N3O4. The molecule has 0 radical (unpaired) electrons. The third-order valence-corrected chi connectivity index (χ3v) is 2.84. The zero-order chi connectivity index (χ0) is 15.2. The maximum atomic E-state index is 11.8. The summed E-state index contributed by atoms with van der Waals surface area (Å²) >= 11 is 0. The van der Waals surface area contributed by atoms with Gasteiger partial charge in [-0.05, 0) is 24.1 Å². The van der Waals surface area contributed by atoms with Gasteiger partial charge in [-0.2, -0.15) is 5.10 Å². The van der Waals surface area contributed by atoms with E-state index in [4.69, 9.17) is 5.11 Å².